The van der Waals surface area contributed by atoms with Crippen molar-refractivity contribution in [3.8, 4) is 0 Å². The van der Waals surface area contributed by atoms with E-state index in [4.69, 9.17) is 33.2 Å². The van der Waals surface area contributed by atoms with Crippen molar-refractivity contribution in [1.29, 1.82) is 0 Å². The molecule has 0 radical (unpaired) electrons. The van der Waals surface area contributed by atoms with E-state index in [0.29, 0.717) is 81.6 Å². The van der Waals surface area contributed by atoms with Crippen molar-refractivity contribution in [3.63, 3.8) is 0 Å². The second-order valence-corrected chi connectivity index (χ2v) is 20.5. The first-order valence-electron chi connectivity index (χ1n) is 29.9. The molecule has 14 nitrogen and oxygen atoms in total. The number of carbonyl (C=O) groups is 5. The average molecular weight is 1060 g/mol. The first-order chi connectivity index (χ1) is 36.6. The number of hydrogen-bond acceptors (Lipinski definition) is 13. The van der Waals surface area contributed by atoms with Crippen LogP contribution in [0.2, 0.25) is 0 Å². The van der Waals surface area contributed by atoms with Gasteiger partial charge < -0.3 is 43.4 Å². The summed E-state index contributed by atoms with van der Waals surface area (Å²) in [4.78, 5) is 66.6. The fourth-order valence-corrected chi connectivity index (χ4v) is 8.90. The molecule has 1 unspecified atom stereocenters. The van der Waals surface area contributed by atoms with Gasteiger partial charge in [0.05, 0.1) is 13.0 Å². The summed E-state index contributed by atoms with van der Waals surface area (Å²) in [7, 11) is 0. The normalized spacial score (nSPS) is 13.1. The minimum Gasteiger partial charge on any atom is -0.465 e. The molecule has 14 heteroatoms. The lowest BCUT2D eigenvalue weighted by atomic mass is 10.1. The minimum absolute atomic E-state index is 0.0358. The number of amides is 1. The Hall–Kier alpha value is -4.01. The molecule has 1 atom stereocenters. The topological polar surface area (TPSA) is 165 Å². The Morgan fingerprint density at radius 2 is 0.947 bits per heavy atom. The van der Waals surface area contributed by atoms with Gasteiger partial charge in [0.15, 0.2) is 6.29 Å². The minimum atomic E-state index is -0.487. The maximum atomic E-state index is 13.2. The summed E-state index contributed by atoms with van der Waals surface area (Å²) in [6.07, 6.45) is 31.4. The number of allylic oxidation sites excluding steroid dienone is 1. The third-order valence-corrected chi connectivity index (χ3v) is 13.4. The van der Waals surface area contributed by atoms with Gasteiger partial charge in [-0.3, -0.25) is 19.2 Å². The van der Waals surface area contributed by atoms with E-state index in [-0.39, 0.29) is 57.4 Å². The summed E-state index contributed by atoms with van der Waals surface area (Å²) in [6, 6.07) is 5.44. The lowest BCUT2D eigenvalue weighted by Crippen LogP contribution is -2.35. The molecule has 0 aliphatic carbocycles. The molecule has 1 heterocycles. The standard InChI is InChI=1S/C61H104N2O12/c1-5-9-13-17-20-23-29-43-69-56(64)33-25-26-34-57(65)72-49-52-46-53(50-73-58(66)36-35-55(32-24-16-12-8-4)75-61(68)62-39-42-63-40-27-28-41-63)48-54(47-52)51-74-59(67)37-38-60(70-44-30-21-18-14-10-6-2)71-45-31-22-19-15-11-7-3/h20,23,46-48,55,60H,5-19,21-22,24-45,49-51H2,1-4H3,(H,62,68)/b23-20-. The second kappa shape index (κ2) is 47.2. The van der Waals surface area contributed by atoms with Crippen LogP contribution in [0.25, 0.3) is 0 Å². The number of unbranched alkanes of at least 4 members (excludes halogenated alkanes) is 17. The maximum Gasteiger partial charge on any atom is 0.407 e. The van der Waals surface area contributed by atoms with Crippen LogP contribution in [0.3, 0.4) is 0 Å². The van der Waals surface area contributed by atoms with Crippen LogP contribution in [0.15, 0.2) is 30.4 Å². The Morgan fingerprint density at radius 1 is 0.493 bits per heavy atom. The molecule has 1 saturated heterocycles. The van der Waals surface area contributed by atoms with Crippen LogP contribution in [-0.2, 0) is 72.2 Å². The number of ether oxygens (including phenoxy) is 7. The smallest absolute Gasteiger partial charge is 0.407 e. The number of rotatable bonds is 49. The number of nitrogens with zero attached hydrogens (tertiary/aromatic N) is 1. The Morgan fingerprint density at radius 3 is 1.49 bits per heavy atom. The molecular weight excluding hydrogens is 953 g/mol. The van der Waals surface area contributed by atoms with Crippen LogP contribution in [0.1, 0.15) is 250 Å². The van der Waals surface area contributed by atoms with Gasteiger partial charge in [-0.05, 0) is 125 Å². The molecule has 1 aromatic carbocycles. The molecular formula is C61H104N2O12. The van der Waals surface area contributed by atoms with E-state index < -0.39 is 30.4 Å². The third kappa shape index (κ3) is 39.1. The highest BCUT2D eigenvalue weighted by atomic mass is 16.7. The summed E-state index contributed by atoms with van der Waals surface area (Å²) in [5, 5.41) is 2.88. The van der Waals surface area contributed by atoms with E-state index in [0.717, 1.165) is 77.4 Å². The Bertz CT molecular complexity index is 1630. The number of nitrogens with one attached hydrogen (secondary N) is 1. The molecule has 0 saturated carbocycles. The van der Waals surface area contributed by atoms with Crippen molar-refractivity contribution >= 4 is 30.0 Å². The van der Waals surface area contributed by atoms with Crippen LogP contribution in [-0.4, -0.2) is 93.3 Å². The number of carbonyl (C=O) groups excluding carboxylic acids is 5. The van der Waals surface area contributed by atoms with Crippen molar-refractivity contribution in [1.82, 2.24) is 10.2 Å². The Balaban J connectivity index is 2.02. The lowest BCUT2D eigenvalue weighted by molar-refractivity contribution is -0.160. The van der Waals surface area contributed by atoms with Gasteiger partial charge in [0.2, 0.25) is 0 Å². The molecule has 1 aliphatic heterocycles. The Labute approximate surface area is 454 Å². The van der Waals surface area contributed by atoms with Crippen LogP contribution in [0, 0.1) is 0 Å². The lowest BCUT2D eigenvalue weighted by Gasteiger charge is -2.19. The van der Waals surface area contributed by atoms with E-state index in [1.165, 1.54) is 83.5 Å². The maximum absolute atomic E-state index is 13.2. The van der Waals surface area contributed by atoms with Gasteiger partial charge in [0.1, 0.15) is 25.9 Å². The third-order valence-electron chi connectivity index (χ3n) is 13.4. The molecule has 0 aromatic heterocycles. The van der Waals surface area contributed by atoms with Crippen LogP contribution < -0.4 is 5.32 Å². The summed E-state index contributed by atoms with van der Waals surface area (Å²) in [5.41, 5.74) is 1.94. The number of alkyl carbamates (subject to hydrolysis) is 1. The van der Waals surface area contributed by atoms with Crippen molar-refractivity contribution in [2.75, 3.05) is 46.0 Å². The van der Waals surface area contributed by atoms with Gasteiger partial charge in [-0.1, -0.05) is 136 Å². The SMILES string of the molecule is CCCCC/C=C\CCOC(=O)CCCCC(=O)OCc1cc(COC(=O)CCC(CCCCCC)OC(=O)NCCN2CCCC2)cc(COC(=O)CCC(OCCCCCCCC)OCCCCCCCC)c1. The van der Waals surface area contributed by atoms with Crippen molar-refractivity contribution in [3.05, 3.63) is 47.0 Å². The fourth-order valence-electron chi connectivity index (χ4n) is 8.90. The van der Waals surface area contributed by atoms with Gasteiger partial charge in [0.25, 0.3) is 0 Å². The zero-order valence-corrected chi connectivity index (χ0v) is 47.6. The predicted octanol–water partition coefficient (Wildman–Crippen LogP) is 14.2. The monoisotopic (exact) mass is 1060 g/mol. The Kier molecular flexibility index (Phi) is 42.2. The molecule has 1 aliphatic rings. The van der Waals surface area contributed by atoms with Crippen LogP contribution >= 0.6 is 0 Å². The van der Waals surface area contributed by atoms with E-state index in [9.17, 15) is 24.0 Å². The molecule has 75 heavy (non-hydrogen) atoms. The molecule has 2 rings (SSSR count). The summed E-state index contributed by atoms with van der Waals surface area (Å²) in [5.74, 6) is -1.49. The van der Waals surface area contributed by atoms with Gasteiger partial charge >= 0.3 is 30.0 Å². The van der Waals surface area contributed by atoms with E-state index in [1.54, 1.807) is 6.07 Å². The summed E-state index contributed by atoms with van der Waals surface area (Å²) >= 11 is 0. The molecule has 0 bridgehead atoms. The van der Waals surface area contributed by atoms with Crippen molar-refractivity contribution < 1.29 is 57.1 Å². The number of likely N-dealkylation sites (tertiary alicyclic amines) is 1. The zero-order chi connectivity index (χ0) is 54.2. The number of hydrogen-bond donors (Lipinski definition) is 1. The van der Waals surface area contributed by atoms with E-state index in [1.807, 2.05) is 12.1 Å². The highest BCUT2D eigenvalue weighted by Gasteiger charge is 2.19. The molecule has 1 aromatic rings. The number of esters is 4. The first-order valence-corrected chi connectivity index (χ1v) is 29.9. The van der Waals surface area contributed by atoms with E-state index >= 15 is 0 Å². The van der Waals surface area contributed by atoms with Gasteiger partial charge in [-0.15, -0.1) is 0 Å². The molecule has 1 amide bonds. The largest absolute Gasteiger partial charge is 0.465 e. The molecule has 430 valence electrons. The van der Waals surface area contributed by atoms with Gasteiger partial charge in [-0.25, -0.2) is 4.79 Å². The van der Waals surface area contributed by atoms with Crippen LogP contribution in [0.4, 0.5) is 4.79 Å². The summed E-state index contributed by atoms with van der Waals surface area (Å²) < 4.78 is 40.6. The van der Waals surface area contributed by atoms with Crippen molar-refractivity contribution in [2.24, 2.45) is 0 Å². The zero-order valence-electron chi connectivity index (χ0n) is 47.6. The van der Waals surface area contributed by atoms with Crippen molar-refractivity contribution in [2.45, 2.75) is 265 Å². The number of benzene rings is 1. The highest BCUT2D eigenvalue weighted by molar-refractivity contribution is 5.71. The van der Waals surface area contributed by atoms with Gasteiger partial charge in [0, 0.05) is 52.0 Å². The van der Waals surface area contributed by atoms with E-state index in [2.05, 4.69) is 50.1 Å². The quantitative estimate of drug-likeness (QED) is 0.0216. The van der Waals surface area contributed by atoms with Crippen LogP contribution in [0.5, 0.6) is 0 Å². The second-order valence-electron chi connectivity index (χ2n) is 20.5. The fraction of sp³-hybridized carbons (Fsp3) is 0.787. The predicted molar refractivity (Wildman–Crippen MR) is 297 cm³/mol. The molecule has 1 fully saturated rings. The van der Waals surface area contributed by atoms with Gasteiger partial charge in [-0.2, -0.15) is 0 Å². The summed E-state index contributed by atoms with van der Waals surface area (Å²) in [6.45, 7) is 13.6. The average Bonchev–Trinajstić information content (AvgIpc) is 3.93. The highest BCUT2D eigenvalue weighted by Crippen LogP contribution is 2.19. The first kappa shape index (κ1) is 67.1. The molecule has 1 N–H and O–H groups in total. The molecule has 0 spiro atoms.